The first-order chi connectivity index (χ1) is 11.5. The Morgan fingerprint density at radius 2 is 2.04 bits per heavy atom. The van der Waals surface area contributed by atoms with Gasteiger partial charge in [-0.1, -0.05) is 0 Å². The van der Waals surface area contributed by atoms with Crippen molar-refractivity contribution in [3.63, 3.8) is 0 Å². The number of aromatic nitrogens is 1. The van der Waals surface area contributed by atoms with Crippen LogP contribution in [-0.2, 0) is 16.1 Å². The maximum Gasteiger partial charge on any atom is 0.315 e. The summed E-state index contributed by atoms with van der Waals surface area (Å²) in [6.07, 6.45) is 4.20. The van der Waals surface area contributed by atoms with E-state index < -0.39 is 0 Å². The number of esters is 1. The topological polar surface area (TPSA) is 83.6 Å². The van der Waals surface area contributed by atoms with E-state index in [0.29, 0.717) is 6.54 Å². The van der Waals surface area contributed by atoms with Crippen LogP contribution in [0.25, 0.3) is 0 Å². The number of hydrogen-bond donors (Lipinski definition) is 2. The molecule has 0 radical (unpaired) electrons. The summed E-state index contributed by atoms with van der Waals surface area (Å²) in [6, 6.07) is 3.60. The minimum Gasteiger partial charge on any atom is -0.463 e. The van der Waals surface area contributed by atoms with Gasteiger partial charge in [0, 0.05) is 32.4 Å². The molecule has 2 N–H and O–H groups in total. The zero-order chi connectivity index (χ0) is 17.4. The summed E-state index contributed by atoms with van der Waals surface area (Å²) < 4.78 is 5.00. The van der Waals surface area contributed by atoms with Crippen molar-refractivity contribution in [2.45, 2.75) is 45.8 Å². The van der Waals surface area contributed by atoms with Crippen molar-refractivity contribution < 1.29 is 14.3 Å². The number of ether oxygens (including phenoxy) is 1. The monoisotopic (exact) mass is 334 g/mol. The summed E-state index contributed by atoms with van der Waals surface area (Å²) in [5.74, 6) is 0.651. The predicted molar refractivity (Wildman–Crippen MR) is 91.8 cm³/mol. The number of nitrogens with one attached hydrogen (secondary N) is 2. The van der Waals surface area contributed by atoms with E-state index in [2.05, 4.69) is 20.5 Å². The zero-order valence-corrected chi connectivity index (χ0v) is 14.4. The van der Waals surface area contributed by atoms with E-state index in [1.807, 2.05) is 12.1 Å². The fraction of sp³-hybridized carbons (Fsp3) is 0.588. The lowest BCUT2D eigenvalue weighted by Gasteiger charge is -2.17. The highest BCUT2D eigenvalue weighted by atomic mass is 16.5. The average molecular weight is 334 g/mol. The average Bonchev–Trinajstić information content (AvgIpc) is 3.07. The lowest BCUT2D eigenvalue weighted by atomic mass is 10.2. The van der Waals surface area contributed by atoms with Crippen LogP contribution < -0.4 is 15.5 Å². The van der Waals surface area contributed by atoms with E-state index in [1.165, 1.54) is 12.8 Å². The van der Waals surface area contributed by atoms with Gasteiger partial charge in [0.15, 0.2) is 0 Å². The number of pyridine rings is 1. The van der Waals surface area contributed by atoms with Crippen LogP contribution in [0.2, 0.25) is 0 Å². The molecule has 1 aliphatic rings. The molecule has 2 heterocycles. The van der Waals surface area contributed by atoms with Crippen LogP contribution >= 0.6 is 0 Å². The molecule has 1 aliphatic heterocycles. The second-order valence-corrected chi connectivity index (χ2v) is 6.11. The minimum absolute atomic E-state index is 0.136. The molecule has 0 aromatic carbocycles. The van der Waals surface area contributed by atoms with Crippen molar-refractivity contribution in [1.29, 1.82) is 0 Å². The van der Waals surface area contributed by atoms with Crippen LogP contribution in [0.1, 0.15) is 38.7 Å². The lowest BCUT2D eigenvalue weighted by molar-refractivity contribution is -0.147. The Balaban J connectivity index is 1.70. The Hall–Kier alpha value is -2.31. The molecule has 0 unspecified atom stereocenters. The fourth-order valence-corrected chi connectivity index (χ4v) is 2.53. The molecular weight excluding hydrogens is 308 g/mol. The first kappa shape index (κ1) is 18.0. The molecular formula is C17H26N4O3. The summed E-state index contributed by atoms with van der Waals surface area (Å²) in [6.45, 7) is 6.35. The molecule has 0 spiro atoms. The number of amides is 2. The van der Waals surface area contributed by atoms with E-state index in [4.69, 9.17) is 4.74 Å². The van der Waals surface area contributed by atoms with Gasteiger partial charge in [0.1, 0.15) is 5.82 Å². The van der Waals surface area contributed by atoms with Gasteiger partial charge in [-0.3, -0.25) is 4.79 Å². The van der Waals surface area contributed by atoms with Crippen LogP contribution in [0.5, 0.6) is 0 Å². The summed E-state index contributed by atoms with van der Waals surface area (Å²) in [7, 11) is 0. The first-order valence-electron chi connectivity index (χ1n) is 8.45. The highest BCUT2D eigenvalue weighted by molar-refractivity contribution is 5.75. The quantitative estimate of drug-likeness (QED) is 0.743. The smallest absolute Gasteiger partial charge is 0.315 e. The number of hydrogen-bond acceptors (Lipinski definition) is 5. The molecule has 132 valence electrons. The van der Waals surface area contributed by atoms with Gasteiger partial charge in [-0.25, -0.2) is 9.78 Å². The van der Waals surface area contributed by atoms with Gasteiger partial charge in [-0.05, 0) is 44.4 Å². The van der Waals surface area contributed by atoms with Gasteiger partial charge >= 0.3 is 12.0 Å². The van der Waals surface area contributed by atoms with E-state index in [9.17, 15) is 9.59 Å². The molecule has 24 heavy (non-hydrogen) atoms. The van der Waals surface area contributed by atoms with E-state index in [0.717, 1.165) is 24.5 Å². The predicted octanol–water partition coefficient (Wildman–Crippen LogP) is 1.82. The van der Waals surface area contributed by atoms with E-state index in [1.54, 1.807) is 20.0 Å². The Morgan fingerprint density at radius 1 is 1.29 bits per heavy atom. The molecule has 1 fully saturated rings. The zero-order valence-electron chi connectivity index (χ0n) is 14.4. The largest absolute Gasteiger partial charge is 0.463 e. The van der Waals surface area contributed by atoms with Gasteiger partial charge in [-0.2, -0.15) is 0 Å². The number of anilines is 1. The van der Waals surface area contributed by atoms with Crippen molar-refractivity contribution >= 4 is 17.8 Å². The Bertz CT molecular complexity index is 557. The fourth-order valence-electron chi connectivity index (χ4n) is 2.53. The molecule has 0 atom stereocenters. The van der Waals surface area contributed by atoms with Crippen LogP contribution in [0.4, 0.5) is 10.6 Å². The van der Waals surface area contributed by atoms with Crippen molar-refractivity contribution in [3.05, 3.63) is 23.9 Å². The second-order valence-electron chi connectivity index (χ2n) is 6.11. The van der Waals surface area contributed by atoms with Gasteiger partial charge in [0.25, 0.3) is 0 Å². The molecule has 0 bridgehead atoms. The third-order valence-corrected chi connectivity index (χ3v) is 3.67. The number of nitrogens with zero attached hydrogens (tertiary/aromatic N) is 2. The molecule has 0 aliphatic carbocycles. The van der Waals surface area contributed by atoms with Gasteiger partial charge in [0.2, 0.25) is 0 Å². The summed E-state index contributed by atoms with van der Waals surface area (Å²) in [5.41, 5.74) is 1.00. The normalized spacial score (nSPS) is 13.9. The SMILES string of the molecule is CC(C)OC(=O)CCNC(=O)NCc1ccnc(N2CCCC2)c1. The van der Waals surface area contributed by atoms with Crippen LogP contribution in [-0.4, -0.2) is 42.7 Å². The summed E-state index contributed by atoms with van der Waals surface area (Å²) >= 11 is 0. The maximum atomic E-state index is 11.8. The molecule has 7 heteroatoms. The maximum absolute atomic E-state index is 11.8. The van der Waals surface area contributed by atoms with Gasteiger partial charge < -0.3 is 20.3 Å². The second kappa shape index (κ2) is 9.10. The highest BCUT2D eigenvalue weighted by Crippen LogP contribution is 2.18. The molecule has 2 rings (SSSR count). The molecule has 7 nitrogen and oxygen atoms in total. The van der Waals surface area contributed by atoms with Crippen molar-refractivity contribution in [1.82, 2.24) is 15.6 Å². The lowest BCUT2D eigenvalue weighted by Crippen LogP contribution is -2.36. The summed E-state index contributed by atoms with van der Waals surface area (Å²) in [4.78, 5) is 29.8. The van der Waals surface area contributed by atoms with E-state index in [-0.39, 0.29) is 31.1 Å². The molecule has 1 aromatic heterocycles. The molecule has 2 amide bonds. The Kier molecular flexibility index (Phi) is 6.84. The summed E-state index contributed by atoms with van der Waals surface area (Å²) in [5, 5.41) is 5.43. The Morgan fingerprint density at radius 3 is 2.75 bits per heavy atom. The third kappa shape index (κ3) is 6.06. The van der Waals surface area contributed by atoms with Crippen LogP contribution in [0, 0.1) is 0 Å². The standard InChI is InChI=1S/C17H26N4O3/c1-13(2)24-16(22)6-8-19-17(23)20-12-14-5-7-18-15(11-14)21-9-3-4-10-21/h5,7,11,13H,3-4,6,8-10,12H2,1-2H3,(H2,19,20,23). The van der Waals surface area contributed by atoms with Crippen molar-refractivity contribution in [3.8, 4) is 0 Å². The number of urea groups is 1. The minimum atomic E-state index is -0.310. The third-order valence-electron chi connectivity index (χ3n) is 3.67. The molecule has 0 saturated carbocycles. The molecule has 1 saturated heterocycles. The van der Waals surface area contributed by atoms with Crippen molar-refractivity contribution in [2.75, 3.05) is 24.5 Å². The highest BCUT2D eigenvalue weighted by Gasteiger charge is 2.13. The number of carbonyl (C=O) groups is 2. The van der Waals surface area contributed by atoms with Crippen molar-refractivity contribution in [2.24, 2.45) is 0 Å². The molecule has 1 aromatic rings. The first-order valence-corrected chi connectivity index (χ1v) is 8.45. The van der Waals surface area contributed by atoms with Gasteiger partial charge in [-0.15, -0.1) is 0 Å². The Labute approximate surface area is 142 Å². The van der Waals surface area contributed by atoms with Gasteiger partial charge in [0.05, 0.1) is 12.5 Å². The van der Waals surface area contributed by atoms with Crippen LogP contribution in [0.15, 0.2) is 18.3 Å². The number of rotatable bonds is 7. The number of carbonyl (C=O) groups excluding carboxylic acids is 2. The van der Waals surface area contributed by atoms with E-state index >= 15 is 0 Å². The van der Waals surface area contributed by atoms with Crippen LogP contribution in [0.3, 0.4) is 0 Å².